The monoisotopic (exact) mass is 426 g/mol. The molecule has 0 aliphatic carbocycles. The van der Waals surface area contributed by atoms with E-state index < -0.39 is 5.67 Å². The summed E-state index contributed by atoms with van der Waals surface area (Å²) >= 11 is 1.54. The van der Waals surface area contributed by atoms with Crippen molar-refractivity contribution >= 4 is 27.9 Å². The lowest BCUT2D eigenvalue weighted by Crippen LogP contribution is -2.47. The summed E-state index contributed by atoms with van der Waals surface area (Å²) in [5.41, 5.74) is -0.147. The van der Waals surface area contributed by atoms with Gasteiger partial charge in [-0.05, 0) is 30.4 Å². The molecule has 0 spiro atoms. The van der Waals surface area contributed by atoms with Crippen LogP contribution in [-0.2, 0) is 11.2 Å². The van der Waals surface area contributed by atoms with Crippen LogP contribution in [0.1, 0.15) is 37.4 Å². The number of piperidine rings is 1. The van der Waals surface area contributed by atoms with E-state index in [9.17, 15) is 4.79 Å². The predicted molar refractivity (Wildman–Crippen MR) is 118 cm³/mol. The van der Waals surface area contributed by atoms with Gasteiger partial charge in [-0.3, -0.25) is 9.78 Å². The molecule has 7 heteroatoms. The van der Waals surface area contributed by atoms with Gasteiger partial charge in [0.05, 0.1) is 6.42 Å². The van der Waals surface area contributed by atoms with Gasteiger partial charge in [0.25, 0.3) is 0 Å². The zero-order chi connectivity index (χ0) is 21.3. The molecule has 1 aliphatic rings. The molecule has 158 valence electrons. The van der Waals surface area contributed by atoms with Gasteiger partial charge in [-0.15, -0.1) is 10.2 Å². The SMILES string of the molecule is Cc1nnc(-c2ccc3cnc(CC(=O)C4(F)CCN(CC(C)C)CC4)cc3c2)s1. The Morgan fingerprint density at radius 3 is 2.63 bits per heavy atom. The normalized spacial score (nSPS) is 17.0. The van der Waals surface area contributed by atoms with Crippen molar-refractivity contribution in [2.45, 2.75) is 45.7 Å². The summed E-state index contributed by atoms with van der Waals surface area (Å²) in [6.45, 7) is 8.46. The summed E-state index contributed by atoms with van der Waals surface area (Å²) in [4.78, 5) is 19.5. The number of alkyl halides is 1. The van der Waals surface area contributed by atoms with Crippen LogP contribution in [0.3, 0.4) is 0 Å². The lowest BCUT2D eigenvalue weighted by Gasteiger charge is -2.36. The number of halogens is 1. The van der Waals surface area contributed by atoms with Crippen LogP contribution in [0.4, 0.5) is 4.39 Å². The van der Waals surface area contributed by atoms with Gasteiger partial charge in [0.2, 0.25) is 0 Å². The molecule has 0 saturated carbocycles. The molecule has 0 unspecified atom stereocenters. The van der Waals surface area contributed by atoms with Crippen molar-refractivity contribution in [1.82, 2.24) is 20.1 Å². The predicted octanol–water partition coefficient (Wildman–Crippen LogP) is 4.63. The van der Waals surface area contributed by atoms with Crippen LogP contribution in [0.15, 0.2) is 30.5 Å². The molecule has 0 bridgehead atoms. The molecule has 1 fully saturated rings. The number of hydrogen-bond acceptors (Lipinski definition) is 6. The van der Waals surface area contributed by atoms with Crippen LogP contribution in [0.2, 0.25) is 0 Å². The minimum atomic E-state index is -1.74. The maximum Gasteiger partial charge on any atom is 0.175 e. The Labute approximate surface area is 180 Å². The van der Waals surface area contributed by atoms with E-state index in [1.165, 1.54) is 0 Å². The van der Waals surface area contributed by atoms with Crippen LogP contribution in [0, 0.1) is 12.8 Å². The van der Waals surface area contributed by atoms with E-state index in [0.29, 0.717) is 24.7 Å². The molecule has 30 heavy (non-hydrogen) atoms. The minimum Gasteiger partial charge on any atom is -0.303 e. The van der Waals surface area contributed by atoms with E-state index in [1.54, 1.807) is 17.5 Å². The molecule has 1 saturated heterocycles. The summed E-state index contributed by atoms with van der Waals surface area (Å²) < 4.78 is 15.3. The van der Waals surface area contributed by atoms with Crippen molar-refractivity contribution in [1.29, 1.82) is 0 Å². The Morgan fingerprint density at radius 1 is 1.20 bits per heavy atom. The molecule has 1 aromatic carbocycles. The number of Topliss-reactive ketones (excluding diaryl/α,β-unsaturated/α-hetero) is 1. The number of carbonyl (C=O) groups excluding carboxylic acids is 1. The lowest BCUT2D eigenvalue weighted by molar-refractivity contribution is -0.133. The third-order valence-corrected chi connectivity index (χ3v) is 6.55. The van der Waals surface area contributed by atoms with Crippen LogP contribution in [0.25, 0.3) is 21.3 Å². The number of pyridine rings is 1. The van der Waals surface area contributed by atoms with E-state index in [-0.39, 0.29) is 25.0 Å². The van der Waals surface area contributed by atoms with Gasteiger partial charge in [0, 0.05) is 55.3 Å². The van der Waals surface area contributed by atoms with Crippen LogP contribution in [0.5, 0.6) is 0 Å². The van der Waals surface area contributed by atoms with Gasteiger partial charge in [-0.2, -0.15) is 0 Å². The Hall–Kier alpha value is -2.25. The fourth-order valence-electron chi connectivity index (χ4n) is 4.04. The molecule has 3 aromatic rings. The molecule has 0 amide bonds. The van der Waals surface area contributed by atoms with Crippen LogP contribution < -0.4 is 0 Å². The Balaban J connectivity index is 1.48. The number of aryl methyl sites for hydroxylation is 1. The van der Waals surface area contributed by atoms with Crippen molar-refractivity contribution in [3.8, 4) is 10.6 Å². The van der Waals surface area contributed by atoms with Gasteiger partial charge >= 0.3 is 0 Å². The second-order valence-corrected chi connectivity index (χ2v) is 9.81. The van der Waals surface area contributed by atoms with Crippen LogP contribution in [-0.4, -0.2) is 51.2 Å². The smallest absolute Gasteiger partial charge is 0.175 e. The van der Waals surface area contributed by atoms with E-state index in [2.05, 4.69) is 33.9 Å². The quantitative estimate of drug-likeness (QED) is 0.575. The summed E-state index contributed by atoms with van der Waals surface area (Å²) in [5, 5.41) is 12.0. The third-order valence-electron chi connectivity index (χ3n) is 5.66. The van der Waals surface area contributed by atoms with E-state index >= 15 is 4.39 Å². The lowest BCUT2D eigenvalue weighted by atomic mass is 9.86. The number of benzene rings is 1. The van der Waals surface area contributed by atoms with Gasteiger partial charge in [-0.25, -0.2) is 4.39 Å². The highest BCUT2D eigenvalue weighted by molar-refractivity contribution is 7.14. The highest BCUT2D eigenvalue weighted by Gasteiger charge is 2.41. The maximum absolute atomic E-state index is 15.3. The van der Waals surface area contributed by atoms with Gasteiger partial charge < -0.3 is 4.90 Å². The van der Waals surface area contributed by atoms with Gasteiger partial charge in [0.15, 0.2) is 11.5 Å². The number of hydrogen-bond donors (Lipinski definition) is 0. The zero-order valence-electron chi connectivity index (χ0n) is 17.7. The van der Waals surface area contributed by atoms with E-state index in [1.807, 2.05) is 31.2 Å². The molecule has 5 nitrogen and oxygen atoms in total. The molecule has 3 heterocycles. The first kappa shape index (κ1) is 21.0. The first-order valence-electron chi connectivity index (χ1n) is 10.5. The van der Waals surface area contributed by atoms with E-state index in [0.717, 1.165) is 32.9 Å². The Kier molecular flexibility index (Phi) is 5.93. The molecule has 1 aliphatic heterocycles. The average Bonchev–Trinajstić information content (AvgIpc) is 3.15. The van der Waals surface area contributed by atoms with Crippen LogP contribution >= 0.6 is 11.3 Å². The van der Waals surface area contributed by atoms with Crippen molar-refractivity contribution < 1.29 is 9.18 Å². The van der Waals surface area contributed by atoms with Gasteiger partial charge in [0.1, 0.15) is 10.0 Å². The van der Waals surface area contributed by atoms with Crippen molar-refractivity contribution in [3.05, 3.63) is 41.2 Å². The third kappa shape index (κ3) is 4.57. The summed E-state index contributed by atoms with van der Waals surface area (Å²) in [6.07, 6.45) is 2.32. The first-order chi connectivity index (χ1) is 14.3. The second-order valence-electron chi connectivity index (χ2n) is 8.62. The fraction of sp³-hybridized carbons (Fsp3) is 0.478. The number of aromatic nitrogens is 3. The molecule has 0 N–H and O–H groups in total. The second kappa shape index (κ2) is 8.47. The highest BCUT2D eigenvalue weighted by Crippen LogP contribution is 2.30. The first-order valence-corrected chi connectivity index (χ1v) is 11.3. The van der Waals surface area contributed by atoms with Crippen molar-refractivity contribution in [2.24, 2.45) is 5.92 Å². The van der Waals surface area contributed by atoms with Crippen molar-refractivity contribution in [2.75, 3.05) is 19.6 Å². The fourth-order valence-corrected chi connectivity index (χ4v) is 4.73. The van der Waals surface area contributed by atoms with E-state index in [4.69, 9.17) is 0 Å². The molecular formula is C23H27FN4OS. The number of likely N-dealkylation sites (tertiary alicyclic amines) is 1. The highest BCUT2D eigenvalue weighted by atomic mass is 32.1. The molecule has 0 radical (unpaired) electrons. The molecule has 2 aromatic heterocycles. The number of carbonyl (C=O) groups is 1. The maximum atomic E-state index is 15.3. The molecule has 4 rings (SSSR count). The zero-order valence-corrected chi connectivity index (χ0v) is 18.5. The van der Waals surface area contributed by atoms with Crippen molar-refractivity contribution in [3.63, 3.8) is 0 Å². The number of fused-ring (bicyclic) bond motifs is 1. The molecule has 0 atom stereocenters. The van der Waals surface area contributed by atoms with Gasteiger partial charge in [-0.1, -0.05) is 37.3 Å². The Morgan fingerprint density at radius 2 is 1.97 bits per heavy atom. The molecular weight excluding hydrogens is 399 g/mol. The number of nitrogens with zero attached hydrogens (tertiary/aromatic N) is 4. The standard InChI is InChI=1S/C23H27FN4OS/c1-15(2)14-28-8-6-23(24,7-9-28)21(29)12-20-11-19-10-17(4-5-18(19)13-25-20)22-27-26-16(3)30-22/h4-5,10-11,13,15H,6-9,12,14H2,1-3H3. The largest absolute Gasteiger partial charge is 0.303 e. The Bertz CT molecular complexity index is 1060. The number of ketones is 1. The summed E-state index contributed by atoms with van der Waals surface area (Å²) in [6, 6.07) is 7.90. The average molecular weight is 427 g/mol. The topological polar surface area (TPSA) is 59.0 Å². The summed E-state index contributed by atoms with van der Waals surface area (Å²) in [7, 11) is 0. The minimum absolute atomic E-state index is 0.0266. The number of rotatable bonds is 6. The summed E-state index contributed by atoms with van der Waals surface area (Å²) in [5.74, 6) is 0.193.